The molecule has 1 aromatic rings. The maximum absolute atomic E-state index is 9.55. The van der Waals surface area contributed by atoms with E-state index in [0.29, 0.717) is 0 Å². The molecule has 0 aliphatic heterocycles. The normalized spacial score (nSPS) is 12.5. The van der Waals surface area contributed by atoms with E-state index in [0.717, 1.165) is 35.3 Å². The van der Waals surface area contributed by atoms with E-state index in [9.17, 15) is 5.11 Å². The molecule has 1 aromatic carbocycles. The van der Waals surface area contributed by atoms with E-state index in [1.165, 1.54) is 0 Å². The second kappa shape index (κ2) is 6.99. The lowest BCUT2D eigenvalue weighted by atomic mass is 10.1. The topological polar surface area (TPSA) is 32.7 Å². The number of anilines is 1. The Balaban J connectivity index is 2.69. The average molecular weight is 302 g/mol. The molecule has 0 bridgehead atoms. The number of hydrogen-bond acceptors (Lipinski definition) is 3. The summed E-state index contributed by atoms with van der Waals surface area (Å²) in [5, 5.41) is 9.55. The molecule has 0 saturated carbocycles. The van der Waals surface area contributed by atoms with Crippen LogP contribution in [0.1, 0.15) is 25.0 Å². The van der Waals surface area contributed by atoms with Crippen LogP contribution in [0.25, 0.3) is 0 Å². The second-order valence-electron chi connectivity index (χ2n) is 4.15. The number of methoxy groups -OCH3 is 1. The van der Waals surface area contributed by atoms with Crippen molar-refractivity contribution >= 4 is 21.6 Å². The monoisotopic (exact) mass is 301 g/mol. The van der Waals surface area contributed by atoms with Gasteiger partial charge in [0.25, 0.3) is 0 Å². The van der Waals surface area contributed by atoms with Gasteiger partial charge in [-0.15, -0.1) is 0 Å². The molecule has 0 fully saturated rings. The summed E-state index contributed by atoms with van der Waals surface area (Å²) in [5.41, 5.74) is 2.05. The maximum Gasteiger partial charge on any atom is 0.0772 e. The highest BCUT2D eigenvalue weighted by molar-refractivity contribution is 9.10. The van der Waals surface area contributed by atoms with E-state index < -0.39 is 6.10 Å². The summed E-state index contributed by atoms with van der Waals surface area (Å²) in [6.45, 7) is 3.49. The first kappa shape index (κ1) is 14.5. The van der Waals surface area contributed by atoms with Crippen LogP contribution in [0, 0.1) is 0 Å². The summed E-state index contributed by atoms with van der Waals surface area (Å²) in [4.78, 5) is 2.18. The summed E-state index contributed by atoms with van der Waals surface area (Å²) in [7, 11) is 3.77. The fourth-order valence-corrected chi connectivity index (χ4v) is 2.37. The first-order valence-corrected chi connectivity index (χ1v) is 6.53. The van der Waals surface area contributed by atoms with Gasteiger partial charge in [-0.25, -0.2) is 0 Å². The Labute approximate surface area is 112 Å². The molecule has 1 atom stereocenters. The van der Waals surface area contributed by atoms with Crippen molar-refractivity contribution in [3.05, 3.63) is 28.2 Å². The molecule has 0 amide bonds. The third-order valence-electron chi connectivity index (χ3n) is 2.72. The lowest BCUT2D eigenvalue weighted by molar-refractivity contribution is 0.196. The largest absolute Gasteiger partial charge is 0.389 e. The quantitative estimate of drug-likeness (QED) is 0.820. The molecule has 0 saturated heterocycles. The van der Waals surface area contributed by atoms with E-state index in [2.05, 4.69) is 27.9 Å². The molecule has 3 nitrogen and oxygen atoms in total. The van der Waals surface area contributed by atoms with E-state index in [1.54, 1.807) is 14.0 Å². The van der Waals surface area contributed by atoms with Crippen LogP contribution in [-0.4, -0.2) is 32.4 Å². The molecule has 0 heterocycles. The molecule has 0 spiro atoms. The van der Waals surface area contributed by atoms with Gasteiger partial charge in [0.2, 0.25) is 0 Å². The second-order valence-corrected chi connectivity index (χ2v) is 5.00. The van der Waals surface area contributed by atoms with Crippen molar-refractivity contribution in [1.82, 2.24) is 0 Å². The fourth-order valence-electron chi connectivity index (χ4n) is 1.67. The van der Waals surface area contributed by atoms with Gasteiger partial charge in [-0.2, -0.15) is 0 Å². The zero-order chi connectivity index (χ0) is 12.8. The first-order valence-electron chi connectivity index (χ1n) is 5.74. The molecule has 0 radical (unpaired) electrons. The first-order chi connectivity index (χ1) is 8.06. The molecule has 0 aliphatic rings. The number of rotatable bonds is 6. The molecule has 0 aliphatic carbocycles. The third kappa shape index (κ3) is 4.30. The summed E-state index contributed by atoms with van der Waals surface area (Å²) < 4.78 is 5.98. The molecule has 0 aromatic heterocycles. The predicted molar refractivity (Wildman–Crippen MR) is 74.5 cm³/mol. The van der Waals surface area contributed by atoms with Crippen LogP contribution in [0.5, 0.6) is 0 Å². The van der Waals surface area contributed by atoms with Gasteiger partial charge >= 0.3 is 0 Å². The van der Waals surface area contributed by atoms with E-state index >= 15 is 0 Å². The number of benzene rings is 1. The standard InChI is InChI=1S/C13H20BrNO2/c1-10(16)12-6-5-11(9-13(12)14)15(2)7-4-8-17-3/h5-6,9-10,16H,4,7-8H2,1-3H3/t10-/m0/s1. The van der Waals surface area contributed by atoms with Gasteiger partial charge in [-0.3, -0.25) is 0 Å². The summed E-state index contributed by atoms with van der Waals surface area (Å²) in [6, 6.07) is 6.02. The zero-order valence-electron chi connectivity index (χ0n) is 10.6. The van der Waals surface area contributed by atoms with Crippen molar-refractivity contribution in [3.63, 3.8) is 0 Å². The van der Waals surface area contributed by atoms with E-state index in [4.69, 9.17) is 4.74 Å². The SMILES string of the molecule is COCCCN(C)c1ccc([C@H](C)O)c(Br)c1. The highest BCUT2D eigenvalue weighted by atomic mass is 79.9. The minimum atomic E-state index is -0.447. The van der Waals surface area contributed by atoms with Gasteiger partial charge in [0.05, 0.1) is 6.10 Å². The average Bonchev–Trinajstić information content (AvgIpc) is 2.28. The van der Waals surface area contributed by atoms with Crippen molar-refractivity contribution < 1.29 is 9.84 Å². The van der Waals surface area contributed by atoms with Crippen molar-refractivity contribution in [1.29, 1.82) is 0 Å². The Hall–Kier alpha value is -0.580. The third-order valence-corrected chi connectivity index (χ3v) is 3.40. The fraction of sp³-hybridized carbons (Fsp3) is 0.538. The van der Waals surface area contributed by atoms with Crippen molar-refractivity contribution in [2.24, 2.45) is 0 Å². The van der Waals surface area contributed by atoms with Crippen LogP contribution in [0.4, 0.5) is 5.69 Å². The molecule has 1 rings (SSSR count). The van der Waals surface area contributed by atoms with Gasteiger partial charge < -0.3 is 14.7 Å². The van der Waals surface area contributed by atoms with Gasteiger partial charge in [0.15, 0.2) is 0 Å². The number of nitrogens with zero attached hydrogens (tertiary/aromatic N) is 1. The van der Waals surface area contributed by atoms with E-state index in [1.807, 2.05) is 18.2 Å². The highest BCUT2D eigenvalue weighted by Gasteiger charge is 2.08. The van der Waals surface area contributed by atoms with Gasteiger partial charge in [-0.1, -0.05) is 22.0 Å². The number of aliphatic hydroxyl groups is 1. The molecule has 0 unspecified atom stereocenters. The smallest absolute Gasteiger partial charge is 0.0772 e. The van der Waals surface area contributed by atoms with Crippen molar-refractivity contribution in [2.45, 2.75) is 19.4 Å². The number of ether oxygens (including phenoxy) is 1. The Morgan fingerprint density at radius 3 is 2.71 bits per heavy atom. The van der Waals surface area contributed by atoms with Crippen LogP contribution in [-0.2, 0) is 4.74 Å². The van der Waals surface area contributed by atoms with E-state index in [-0.39, 0.29) is 0 Å². The molecular formula is C13H20BrNO2. The maximum atomic E-state index is 9.55. The molecule has 4 heteroatoms. The molecule has 1 N–H and O–H groups in total. The number of aliphatic hydroxyl groups excluding tert-OH is 1. The van der Waals surface area contributed by atoms with Crippen LogP contribution < -0.4 is 4.90 Å². The molecular weight excluding hydrogens is 282 g/mol. The number of hydrogen-bond donors (Lipinski definition) is 1. The highest BCUT2D eigenvalue weighted by Crippen LogP contribution is 2.27. The predicted octanol–water partition coefficient (Wildman–Crippen LogP) is 2.98. The van der Waals surface area contributed by atoms with Crippen LogP contribution in [0.3, 0.4) is 0 Å². The Kier molecular flexibility index (Phi) is 5.95. The van der Waals surface area contributed by atoms with Gasteiger partial charge in [-0.05, 0) is 31.0 Å². The minimum absolute atomic E-state index is 0.447. The Bertz CT molecular complexity index is 355. The zero-order valence-corrected chi connectivity index (χ0v) is 12.2. The van der Waals surface area contributed by atoms with Crippen LogP contribution in [0.15, 0.2) is 22.7 Å². The lowest BCUT2D eigenvalue weighted by Crippen LogP contribution is -2.19. The van der Waals surface area contributed by atoms with Crippen LogP contribution >= 0.6 is 15.9 Å². The van der Waals surface area contributed by atoms with Crippen molar-refractivity contribution in [2.75, 3.05) is 32.2 Å². The lowest BCUT2D eigenvalue weighted by Gasteiger charge is -2.20. The Morgan fingerprint density at radius 2 is 2.18 bits per heavy atom. The number of halogens is 1. The van der Waals surface area contributed by atoms with Gasteiger partial charge in [0.1, 0.15) is 0 Å². The Morgan fingerprint density at radius 1 is 1.47 bits per heavy atom. The summed E-state index contributed by atoms with van der Waals surface area (Å²) >= 11 is 3.49. The van der Waals surface area contributed by atoms with Crippen LogP contribution in [0.2, 0.25) is 0 Å². The van der Waals surface area contributed by atoms with Crippen molar-refractivity contribution in [3.8, 4) is 0 Å². The summed E-state index contributed by atoms with van der Waals surface area (Å²) in [5.74, 6) is 0. The molecule has 96 valence electrons. The minimum Gasteiger partial charge on any atom is -0.389 e. The molecule has 17 heavy (non-hydrogen) atoms. The summed E-state index contributed by atoms with van der Waals surface area (Å²) in [6.07, 6.45) is 0.556. The van der Waals surface area contributed by atoms with Gasteiger partial charge in [0, 0.05) is 37.5 Å².